The van der Waals surface area contributed by atoms with Gasteiger partial charge in [0.15, 0.2) is 0 Å². The van der Waals surface area contributed by atoms with Crippen LogP contribution < -0.4 is 0 Å². The molecule has 0 aliphatic carbocycles. The van der Waals surface area contributed by atoms with Gasteiger partial charge in [-0.1, -0.05) is 53.2 Å². The van der Waals surface area contributed by atoms with Crippen LogP contribution in [-0.4, -0.2) is 37.9 Å². The highest BCUT2D eigenvalue weighted by Crippen LogP contribution is 2.54. The lowest BCUT2D eigenvalue weighted by molar-refractivity contribution is -0.0624. The molecule has 0 bridgehead atoms. The van der Waals surface area contributed by atoms with Crippen molar-refractivity contribution in [2.45, 2.75) is 69.0 Å². The van der Waals surface area contributed by atoms with Crippen LogP contribution in [0.4, 0.5) is 0 Å². The van der Waals surface area contributed by atoms with E-state index in [1.165, 1.54) is 5.56 Å². The molecule has 1 aromatic rings. The smallest absolute Gasteiger partial charge is 0.372 e. The second-order valence-electron chi connectivity index (χ2n) is 6.71. The van der Waals surface area contributed by atoms with Gasteiger partial charge in [0.25, 0.3) is 0 Å². The van der Waals surface area contributed by atoms with Crippen molar-refractivity contribution in [2.24, 2.45) is 0 Å². The quantitative estimate of drug-likeness (QED) is 0.389. The Morgan fingerprint density at radius 1 is 1.00 bits per heavy atom. The van der Waals surface area contributed by atoms with Crippen LogP contribution in [0, 0.1) is 0 Å². The first-order chi connectivity index (χ1) is 12.0. The molecular formula is C20H33BrO3Si. The molecule has 1 heterocycles. The maximum absolute atomic E-state index is 6.59. The minimum absolute atomic E-state index is 0.166. The number of alkyl halides is 1. The summed E-state index contributed by atoms with van der Waals surface area (Å²) in [4.78, 5) is 0. The third-order valence-electron chi connectivity index (χ3n) is 5.39. The van der Waals surface area contributed by atoms with E-state index in [1.54, 1.807) is 0 Å². The van der Waals surface area contributed by atoms with Crippen LogP contribution in [0.1, 0.15) is 52.5 Å². The Bertz CT molecular complexity index is 515. The van der Waals surface area contributed by atoms with Gasteiger partial charge in [-0.15, -0.1) is 0 Å². The molecule has 0 radical (unpaired) electrons. The SMILES string of the molecule is CCOC1(CC)C(Br)(Cc2ccccc2)CCC[Si]1(OCC)OCC. The highest BCUT2D eigenvalue weighted by atomic mass is 79.9. The van der Waals surface area contributed by atoms with E-state index in [9.17, 15) is 0 Å². The van der Waals surface area contributed by atoms with Crippen molar-refractivity contribution < 1.29 is 13.6 Å². The molecule has 0 spiro atoms. The van der Waals surface area contributed by atoms with Crippen LogP contribution in [0.25, 0.3) is 0 Å². The van der Waals surface area contributed by atoms with Crippen molar-refractivity contribution in [3.63, 3.8) is 0 Å². The molecule has 3 nitrogen and oxygen atoms in total. The van der Waals surface area contributed by atoms with Gasteiger partial charge < -0.3 is 13.6 Å². The third kappa shape index (κ3) is 3.91. The molecule has 1 saturated heterocycles. The Morgan fingerprint density at radius 3 is 2.16 bits per heavy atom. The van der Waals surface area contributed by atoms with Gasteiger partial charge in [0.1, 0.15) is 5.22 Å². The summed E-state index contributed by atoms with van der Waals surface area (Å²) in [5.41, 5.74) is 1.33. The molecule has 25 heavy (non-hydrogen) atoms. The molecule has 0 amide bonds. The van der Waals surface area contributed by atoms with Crippen LogP contribution in [-0.2, 0) is 20.0 Å². The van der Waals surface area contributed by atoms with Crippen molar-refractivity contribution in [2.75, 3.05) is 19.8 Å². The number of ether oxygens (including phenoxy) is 1. The van der Waals surface area contributed by atoms with Crippen LogP contribution in [0.15, 0.2) is 30.3 Å². The molecule has 1 fully saturated rings. The van der Waals surface area contributed by atoms with E-state index >= 15 is 0 Å². The number of benzene rings is 1. The highest BCUT2D eigenvalue weighted by molar-refractivity contribution is 9.10. The molecule has 2 unspecified atom stereocenters. The summed E-state index contributed by atoms with van der Waals surface area (Å²) in [5, 5.41) is -0.394. The van der Waals surface area contributed by atoms with Gasteiger partial charge in [-0.25, -0.2) is 0 Å². The van der Waals surface area contributed by atoms with Gasteiger partial charge in [0.2, 0.25) is 0 Å². The first-order valence-corrected chi connectivity index (χ1v) is 12.5. The first kappa shape index (κ1) is 21.1. The van der Waals surface area contributed by atoms with Gasteiger partial charge in [-0.05, 0) is 58.1 Å². The van der Waals surface area contributed by atoms with Crippen molar-refractivity contribution in [1.82, 2.24) is 0 Å². The monoisotopic (exact) mass is 428 g/mol. The zero-order chi connectivity index (χ0) is 18.4. The Hall–Kier alpha value is -0.203. The zero-order valence-electron chi connectivity index (χ0n) is 16.1. The Kier molecular flexibility index (Phi) is 7.71. The molecule has 0 N–H and O–H groups in total. The molecule has 1 aliphatic rings. The van der Waals surface area contributed by atoms with Gasteiger partial charge >= 0.3 is 8.56 Å². The van der Waals surface area contributed by atoms with E-state index < -0.39 is 13.8 Å². The molecule has 1 aromatic carbocycles. The molecule has 0 aromatic heterocycles. The lowest BCUT2D eigenvalue weighted by Crippen LogP contribution is -2.75. The minimum atomic E-state index is -2.54. The van der Waals surface area contributed by atoms with Crippen molar-refractivity contribution in [3.05, 3.63) is 35.9 Å². The molecule has 142 valence electrons. The predicted octanol–water partition coefficient (Wildman–Crippen LogP) is 5.40. The molecule has 0 saturated carbocycles. The van der Waals surface area contributed by atoms with E-state index in [-0.39, 0.29) is 4.32 Å². The fourth-order valence-corrected chi connectivity index (χ4v) is 11.1. The fraction of sp³-hybridized carbons (Fsp3) is 0.700. The van der Waals surface area contributed by atoms with Crippen molar-refractivity contribution in [1.29, 1.82) is 0 Å². The van der Waals surface area contributed by atoms with Gasteiger partial charge in [0.05, 0.1) is 4.32 Å². The van der Waals surface area contributed by atoms with Crippen LogP contribution in [0.2, 0.25) is 6.04 Å². The summed E-state index contributed by atoms with van der Waals surface area (Å²) < 4.78 is 19.4. The van der Waals surface area contributed by atoms with Crippen molar-refractivity contribution >= 4 is 24.5 Å². The summed E-state index contributed by atoms with van der Waals surface area (Å²) in [6, 6.07) is 11.7. The summed E-state index contributed by atoms with van der Waals surface area (Å²) in [6.45, 7) is 10.5. The van der Waals surface area contributed by atoms with Gasteiger partial charge in [-0.3, -0.25) is 0 Å². The van der Waals surface area contributed by atoms with Crippen LogP contribution >= 0.6 is 15.9 Å². The Balaban J connectivity index is 2.52. The third-order valence-corrected chi connectivity index (χ3v) is 11.8. The number of rotatable bonds is 9. The second kappa shape index (κ2) is 9.13. The Labute approximate surface area is 162 Å². The molecule has 2 atom stereocenters. The number of hydrogen-bond acceptors (Lipinski definition) is 3. The molecule has 2 rings (SSSR count). The highest BCUT2D eigenvalue weighted by Gasteiger charge is 2.69. The molecular weight excluding hydrogens is 396 g/mol. The van der Waals surface area contributed by atoms with Crippen LogP contribution in [0.5, 0.6) is 0 Å². The lowest BCUT2D eigenvalue weighted by Gasteiger charge is -2.57. The van der Waals surface area contributed by atoms with E-state index in [4.69, 9.17) is 13.6 Å². The standard InChI is InChI=1S/C20H33BrO3Si/c1-5-20(22-6-2)19(21,17-18-13-10-9-11-14-18)15-12-16-25(20,23-7-3)24-8-4/h9-11,13-14H,5-8,12,15-17H2,1-4H3. The Morgan fingerprint density at radius 2 is 1.64 bits per heavy atom. The van der Waals surface area contributed by atoms with Gasteiger partial charge in [-0.2, -0.15) is 0 Å². The number of hydrogen-bond donors (Lipinski definition) is 0. The predicted molar refractivity (Wildman–Crippen MR) is 109 cm³/mol. The summed E-state index contributed by atoms with van der Waals surface area (Å²) in [5.74, 6) is 0. The summed E-state index contributed by atoms with van der Waals surface area (Å²) >= 11 is 4.18. The first-order valence-electron chi connectivity index (χ1n) is 9.67. The van der Waals surface area contributed by atoms with E-state index in [0.29, 0.717) is 19.8 Å². The lowest BCUT2D eigenvalue weighted by atomic mass is 9.87. The van der Waals surface area contributed by atoms with Crippen LogP contribution in [0.3, 0.4) is 0 Å². The van der Waals surface area contributed by atoms with Gasteiger partial charge in [0, 0.05) is 19.8 Å². The second-order valence-corrected chi connectivity index (χ2v) is 11.6. The minimum Gasteiger partial charge on any atom is -0.393 e. The summed E-state index contributed by atoms with van der Waals surface area (Å²) in [7, 11) is -2.54. The largest absolute Gasteiger partial charge is 0.393 e. The topological polar surface area (TPSA) is 27.7 Å². The average Bonchev–Trinajstić information content (AvgIpc) is 2.60. The van der Waals surface area contributed by atoms with Crippen molar-refractivity contribution in [3.8, 4) is 0 Å². The van der Waals surface area contributed by atoms with E-state index in [1.807, 2.05) is 0 Å². The zero-order valence-corrected chi connectivity index (χ0v) is 18.7. The van der Waals surface area contributed by atoms with E-state index in [2.05, 4.69) is 74.0 Å². The van der Waals surface area contributed by atoms with E-state index in [0.717, 1.165) is 31.7 Å². The summed E-state index contributed by atoms with van der Waals surface area (Å²) in [6.07, 6.45) is 4.01. The molecule has 5 heteroatoms. The average molecular weight is 429 g/mol. The maximum atomic E-state index is 6.59. The molecule has 1 aliphatic heterocycles. The number of halogens is 1. The normalized spacial score (nSPS) is 28.8. The fourth-order valence-electron chi connectivity index (χ4n) is 4.56. The maximum Gasteiger partial charge on any atom is 0.372 e.